The van der Waals surface area contributed by atoms with Crippen molar-refractivity contribution in [1.29, 1.82) is 0 Å². The minimum absolute atomic E-state index is 0.228. The van der Waals surface area contributed by atoms with Crippen molar-refractivity contribution in [1.82, 2.24) is 4.90 Å². The van der Waals surface area contributed by atoms with Gasteiger partial charge in [-0.15, -0.1) is 0 Å². The number of hydrogen-bond donors (Lipinski definition) is 2. The van der Waals surface area contributed by atoms with Gasteiger partial charge in [0.1, 0.15) is 17.0 Å². The Hall–Kier alpha value is -3.15. The quantitative estimate of drug-likeness (QED) is 0.267. The Morgan fingerprint density at radius 1 is 0.861 bits per heavy atom. The van der Waals surface area contributed by atoms with Gasteiger partial charge in [0.25, 0.3) is 0 Å². The van der Waals surface area contributed by atoms with E-state index in [1.54, 1.807) is 24.3 Å². The van der Waals surface area contributed by atoms with Crippen molar-refractivity contribution >= 4 is 11.6 Å². The molecule has 2 N–H and O–H groups in total. The molecular formula is C30H41N3O3. The summed E-state index contributed by atoms with van der Waals surface area (Å²) >= 11 is 0. The fourth-order valence-corrected chi connectivity index (χ4v) is 4.98. The normalized spacial score (nSPS) is 17.1. The number of nitrogens with zero attached hydrogens (tertiary/aromatic N) is 3. The molecule has 3 rings (SSSR count). The van der Waals surface area contributed by atoms with Gasteiger partial charge in [-0.25, -0.2) is 0 Å². The lowest BCUT2D eigenvalue weighted by molar-refractivity contribution is -0.130. The van der Waals surface area contributed by atoms with Crippen molar-refractivity contribution in [2.75, 3.05) is 13.6 Å². The number of phenolic OH excluding ortho intramolecular Hbond substituents is 2. The molecular weight excluding hydrogens is 450 g/mol. The number of unbranched alkanes of at least 4 members (excludes halogenated alkanes) is 5. The van der Waals surface area contributed by atoms with E-state index < -0.39 is 5.54 Å². The highest BCUT2D eigenvalue weighted by Gasteiger charge is 2.41. The Balaban J connectivity index is 1.64. The number of rotatable bonds is 14. The highest BCUT2D eigenvalue weighted by Crippen LogP contribution is 2.49. The molecule has 0 spiro atoms. The maximum atomic E-state index is 12.2. The lowest BCUT2D eigenvalue weighted by Crippen LogP contribution is -2.27. The maximum absolute atomic E-state index is 12.2. The Morgan fingerprint density at radius 2 is 1.47 bits per heavy atom. The van der Waals surface area contributed by atoms with Crippen molar-refractivity contribution < 1.29 is 15.0 Å². The first-order chi connectivity index (χ1) is 17.4. The van der Waals surface area contributed by atoms with Crippen LogP contribution in [0, 0.1) is 0 Å². The van der Waals surface area contributed by atoms with E-state index >= 15 is 0 Å². The summed E-state index contributed by atoms with van der Waals surface area (Å²) in [6.07, 6.45) is 9.58. The van der Waals surface area contributed by atoms with Crippen molar-refractivity contribution in [3.63, 3.8) is 0 Å². The zero-order valence-corrected chi connectivity index (χ0v) is 22.0. The van der Waals surface area contributed by atoms with Gasteiger partial charge >= 0.3 is 0 Å². The number of benzene rings is 2. The van der Waals surface area contributed by atoms with Crippen LogP contribution in [0.3, 0.4) is 0 Å². The second-order valence-corrected chi connectivity index (χ2v) is 9.77. The van der Waals surface area contributed by atoms with Gasteiger partial charge in [-0.3, -0.25) is 4.79 Å². The van der Waals surface area contributed by atoms with E-state index in [4.69, 9.17) is 5.11 Å². The summed E-state index contributed by atoms with van der Waals surface area (Å²) in [5.74, 6) is 0.714. The van der Waals surface area contributed by atoms with Crippen molar-refractivity contribution in [3.05, 3.63) is 65.2 Å². The zero-order valence-electron chi connectivity index (χ0n) is 22.0. The predicted molar refractivity (Wildman–Crippen MR) is 145 cm³/mol. The lowest BCUT2D eigenvalue weighted by Gasteiger charge is -2.29. The first kappa shape index (κ1) is 27.4. The average Bonchev–Trinajstić information content (AvgIpc) is 3.26. The van der Waals surface area contributed by atoms with E-state index in [2.05, 4.69) is 19.0 Å². The van der Waals surface area contributed by atoms with E-state index in [9.17, 15) is 15.0 Å². The van der Waals surface area contributed by atoms with Crippen LogP contribution in [0.15, 0.2) is 64.3 Å². The van der Waals surface area contributed by atoms with Crippen LogP contribution in [0.2, 0.25) is 0 Å². The SMILES string of the molecule is CCCCN(C)C(=O)CCCCCCCC1(c2ccc(O)cc2)N=NC(c2ccc(O)cc2)=C1CC. The molecule has 1 heterocycles. The van der Waals surface area contributed by atoms with Crippen LogP contribution in [0.5, 0.6) is 11.5 Å². The standard InChI is InChI=1S/C30H41N3O3/c1-4-6-22-33(3)28(36)12-10-8-7-9-11-21-30(24-15-19-26(35)20-16-24)27(5-2)29(31-32-30)23-13-17-25(34)18-14-23/h13-20,34-35H,4-12,21-22H2,1-3H3. The smallest absolute Gasteiger partial charge is 0.222 e. The van der Waals surface area contributed by atoms with Gasteiger partial charge in [0.2, 0.25) is 5.91 Å². The van der Waals surface area contributed by atoms with Gasteiger partial charge in [-0.2, -0.15) is 10.2 Å². The number of carbonyl (C=O) groups is 1. The van der Waals surface area contributed by atoms with Crippen molar-refractivity contribution in [2.24, 2.45) is 10.2 Å². The second-order valence-electron chi connectivity index (χ2n) is 9.77. The third-order valence-electron chi connectivity index (χ3n) is 7.15. The molecule has 0 saturated heterocycles. The first-order valence-electron chi connectivity index (χ1n) is 13.4. The van der Waals surface area contributed by atoms with E-state index in [1.807, 2.05) is 36.2 Å². The van der Waals surface area contributed by atoms with E-state index in [0.717, 1.165) is 81.2 Å². The van der Waals surface area contributed by atoms with Gasteiger partial charge in [-0.1, -0.05) is 58.1 Å². The molecule has 1 aliphatic rings. The third-order valence-corrected chi connectivity index (χ3v) is 7.15. The number of amides is 1. The lowest BCUT2D eigenvalue weighted by atomic mass is 9.77. The Kier molecular flexibility index (Phi) is 10.1. The van der Waals surface area contributed by atoms with E-state index in [1.165, 1.54) is 5.57 Å². The monoisotopic (exact) mass is 491 g/mol. The summed E-state index contributed by atoms with van der Waals surface area (Å²) in [4.78, 5) is 14.1. The predicted octanol–water partition coefficient (Wildman–Crippen LogP) is 7.57. The summed E-state index contributed by atoms with van der Waals surface area (Å²) < 4.78 is 0. The summed E-state index contributed by atoms with van der Waals surface area (Å²) in [6.45, 7) is 5.13. The van der Waals surface area contributed by atoms with Gasteiger partial charge in [0.05, 0.1) is 5.70 Å². The number of aromatic hydroxyl groups is 2. The molecule has 2 aromatic carbocycles. The number of azo groups is 1. The molecule has 0 saturated carbocycles. The second kappa shape index (κ2) is 13.2. The van der Waals surface area contributed by atoms with Crippen LogP contribution in [-0.2, 0) is 10.3 Å². The zero-order chi connectivity index (χ0) is 26.0. The third kappa shape index (κ3) is 6.74. The number of phenols is 2. The van der Waals surface area contributed by atoms with Crippen molar-refractivity contribution in [3.8, 4) is 11.5 Å². The molecule has 36 heavy (non-hydrogen) atoms. The minimum Gasteiger partial charge on any atom is -0.508 e. The fraction of sp³-hybridized carbons (Fsp3) is 0.500. The molecule has 0 aliphatic carbocycles. The largest absolute Gasteiger partial charge is 0.508 e. The molecule has 6 heteroatoms. The molecule has 194 valence electrons. The molecule has 1 atom stereocenters. The molecule has 0 radical (unpaired) electrons. The highest BCUT2D eigenvalue weighted by molar-refractivity contribution is 5.75. The molecule has 0 fully saturated rings. The van der Waals surface area contributed by atoms with Crippen LogP contribution >= 0.6 is 0 Å². The van der Waals surface area contributed by atoms with Crippen LogP contribution < -0.4 is 0 Å². The van der Waals surface area contributed by atoms with Crippen LogP contribution in [0.1, 0.15) is 89.2 Å². The minimum atomic E-state index is -0.548. The molecule has 2 aromatic rings. The van der Waals surface area contributed by atoms with E-state index in [-0.39, 0.29) is 17.4 Å². The highest BCUT2D eigenvalue weighted by atomic mass is 16.3. The van der Waals surface area contributed by atoms with E-state index in [0.29, 0.717) is 6.42 Å². The summed E-state index contributed by atoms with van der Waals surface area (Å²) in [5.41, 5.74) is 3.47. The number of carbonyl (C=O) groups excluding carboxylic acids is 1. The Bertz CT molecular complexity index is 1040. The van der Waals surface area contributed by atoms with Crippen LogP contribution in [0.4, 0.5) is 0 Å². The Morgan fingerprint density at radius 3 is 2.11 bits per heavy atom. The Labute approximate surface area is 215 Å². The fourth-order valence-electron chi connectivity index (χ4n) is 4.98. The molecule has 6 nitrogen and oxygen atoms in total. The van der Waals surface area contributed by atoms with Gasteiger partial charge < -0.3 is 15.1 Å². The number of hydrogen-bond acceptors (Lipinski definition) is 5. The maximum Gasteiger partial charge on any atom is 0.222 e. The van der Waals surface area contributed by atoms with Crippen LogP contribution in [0.25, 0.3) is 5.70 Å². The molecule has 0 bridgehead atoms. The first-order valence-corrected chi connectivity index (χ1v) is 13.4. The topological polar surface area (TPSA) is 85.5 Å². The average molecular weight is 492 g/mol. The summed E-state index contributed by atoms with van der Waals surface area (Å²) in [6, 6.07) is 14.4. The van der Waals surface area contributed by atoms with Crippen molar-refractivity contribution in [2.45, 2.75) is 83.6 Å². The van der Waals surface area contributed by atoms with Gasteiger partial charge in [0, 0.05) is 25.6 Å². The molecule has 1 amide bonds. The van der Waals surface area contributed by atoms with Gasteiger partial charge in [0.15, 0.2) is 0 Å². The summed E-state index contributed by atoms with van der Waals surface area (Å²) in [7, 11) is 1.90. The molecule has 1 unspecified atom stereocenters. The van der Waals surface area contributed by atoms with Gasteiger partial charge in [-0.05, 0) is 73.2 Å². The molecule has 1 aliphatic heterocycles. The molecule has 0 aromatic heterocycles. The van der Waals surface area contributed by atoms with Crippen LogP contribution in [-0.4, -0.2) is 34.6 Å². The summed E-state index contributed by atoms with van der Waals surface area (Å²) in [5, 5.41) is 29.1.